The third kappa shape index (κ3) is 6.85. The van der Waals surface area contributed by atoms with E-state index in [2.05, 4.69) is 10.9 Å². The first-order valence-corrected chi connectivity index (χ1v) is 6.76. The summed E-state index contributed by atoms with van der Waals surface area (Å²) in [7, 11) is 0. The normalized spacial score (nSPS) is 12.2. The molecule has 0 saturated carbocycles. The van der Waals surface area contributed by atoms with Gasteiger partial charge in [-0.1, -0.05) is 17.7 Å². The Balaban J connectivity index is 2.43. The predicted molar refractivity (Wildman–Crippen MR) is 79.1 cm³/mol. The number of amides is 2. The van der Waals surface area contributed by atoms with Crippen LogP contribution in [0.1, 0.15) is 27.7 Å². The van der Waals surface area contributed by atoms with Crippen molar-refractivity contribution >= 4 is 23.6 Å². The number of rotatable bonds is 3. The maximum absolute atomic E-state index is 11.8. The van der Waals surface area contributed by atoms with E-state index >= 15 is 0 Å². The standard InChI is InChI=1S/C14H19ClN2O4/c1-9(20-11-7-5-6-10(15)8-11)12(18)16-17-13(19)21-14(2,3)4/h5-9H,1-4H3,(H,16,18)(H,17,19)/t9-/m1/s1. The van der Waals surface area contributed by atoms with Gasteiger partial charge in [-0.2, -0.15) is 0 Å². The number of hydrogen-bond acceptors (Lipinski definition) is 4. The summed E-state index contributed by atoms with van der Waals surface area (Å²) in [6.07, 6.45) is -1.55. The zero-order valence-corrected chi connectivity index (χ0v) is 13.2. The lowest BCUT2D eigenvalue weighted by Crippen LogP contribution is -2.48. The van der Waals surface area contributed by atoms with Gasteiger partial charge in [0, 0.05) is 5.02 Å². The molecule has 1 rings (SSSR count). The van der Waals surface area contributed by atoms with Gasteiger partial charge in [0.15, 0.2) is 6.10 Å². The fourth-order valence-electron chi connectivity index (χ4n) is 1.32. The highest BCUT2D eigenvalue weighted by Gasteiger charge is 2.19. The molecule has 0 aliphatic carbocycles. The second kappa shape index (κ2) is 7.17. The Morgan fingerprint density at radius 1 is 1.24 bits per heavy atom. The quantitative estimate of drug-likeness (QED) is 0.841. The van der Waals surface area contributed by atoms with Gasteiger partial charge in [0.2, 0.25) is 0 Å². The Labute approximate surface area is 128 Å². The summed E-state index contributed by atoms with van der Waals surface area (Å²) in [4.78, 5) is 23.1. The van der Waals surface area contributed by atoms with E-state index in [1.165, 1.54) is 0 Å². The van der Waals surface area contributed by atoms with Crippen LogP contribution in [0.5, 0.6) is 5.75 Å². The highest BCUT2D eigenvalue weighted by atomic mass is 35.5. The Kier molecular flexibility index (Phi) is 5.84. The molecule has 1 atom stereocenters. The molecule has 0 radical (unpaired) electrons. The molecule has 0 bridgehead atoms. The molecule has 2 N–H and O–H groups in total. The van der Waals surface area contributed by atoms with Crippen LogP contribution in [0, 0.1) is 0 Å². The van der Waals surface area contributed by atoms with Crippen LogP contribution < -0.4 is 15.6 Å². The molecule has 6 nitrogen and oxygen atoms in total. The van der Waals surface area contributed by atoms with E-state index in [0.717, 1.165) is 0 Å². The molecule has 7 heteroatoms. The summed E-state index contributed by atoms with van der Waals surface area (Å²) in [5.41, 5.74) is 3.73. The van der Waals surface area contributed by atoms with E-state index in [1.54, 1.807) is 52.0 Å². The molecular weight excluding hydrogens is 296 g/mol. The van der Waals surface area contributed by atoms with Crippen molar-refractivity contribution in [3.63, 3.8) is 0 Å². The van der Waals surface area contributed by atoms with Crippen molar-refractivity contribution in [3.8, 4) is 5.75 Å². The first kappa shape index (κ1) is 17.1. The Bertz CT molecular complexity index is 514. The van der Waals surface area contributed by atoms with Crippen LogP contribution in [0.3, 0.4) is 0 Å². The zero-order chi connectivity index (χ0) is 16.0. The third-order valence-corrected chi connectivity index (χ3v) is 2.40. The van der Waals surface area contributed by atoms with Crippen molar-refractivity contribution in [3.05, 3.63) is 29.3 Å². The SMILES string of the molecule is C[C@@H](Oc1cccc(Cl)c1)C(=O)NNC(=O)OC(C)(C)C. The first-order chi connectivity index (χ1) is 9.67. The molecule has 0 aliphatic heterocycles. The van der Waals surface area contributed by atoms with Crippen molar-refractivity contribution in [2.24, 2.45) is 0 Å². The summed E-state index contributed by atoms with van der Waals surface area (Å²) in [5, 5.41) is 0.506. The monoisotopic (exact) mass is 314 g/mol. The van der Waals surface area contributed by atoms with Gasteiger partial charge in [0.05, 0.1) is 0 Å². The van der Waals surface area contributed by atoms with E-state index in [9.17, 15) is 9.59 Å². The van der Waals surface area contributed by atoms with Crippen LogP contribution >= 0.6 is 11.6 Å². The van der Waals surface area contributed by atoms with Crippen LogP contribution in [0.15, 0.2) is 24.3 Å². The minimum Gasteiger partial charge on any atom is -0.481 e. The van der Waals surface area contributed by atoms with Gasteiger partial charge in [0.25, 0.3) is 5.91 Å². The largest absolute Gasteiger partial charge is 0.481 e. The lowest BCUT2D eigenvalue weighted by Gasteiger charge is -2.20. The summed E-state index contributed by atoms with van der Waals surface area (Å²) in [5.74, 6) is -0.0525. The van der Waals surface area contributed by atoms with Gasteiger partial charge < -0.3 is 9.47 Å². The molecule has 1 aromatic rings. The van der Waals surface area contributed by atoms with Crippen molar-refractivity contribution in [2.45, 2.75) is 39.4 Å². The smallest absolute Gasteiger partial charge is 0.426 e. The van der Waals surface area contributed by atoms with Gasteiger partial charge in [0.1, 0.15) is 11.4 Å². The minimum atomic E-state index is -0.807. The van der Waals surface area contributed by atoms with E-state index in [1.807, 2.05) is 0 Å². The number of carbonyl (C=O) groups is 2. The number of halogens is 1. The summed E-state index contributed by atoms with van der Waals surface area (Å²) in [6, 6.07) is 6.67. The topological polar surface area (TPSA) is 76.7 Å². The molecule has 0 unspecified atom stereocenters. The van der Waals surface area contributed by atoms with Crippen LogP contribution in [-0.2, 0) is 9.53 Å². The highest BCUT2D eigenvalue weighted by Crippen LogP contribution is 2.18. The molecular formula is C14H19ClN2O4. The van der Waals surface area contributed by atoms with E-state index in [0.29, 0.717) is 10.8 Å². The maximum atomic E-state index is 11.8. The highest BCUT2D eigenvalue weighted by molar-refractivity contribution is 6.30. The maximum Gasteiger partial charge on any atom is 0.426 e. The van der Waals surface area contributed by atoms with Gasteiger partial charge in [-0.3, -0.25) is 10.2 Å². The summed E-state index contributed by atoms with van der Waals surface area (Å²) >= 11 is 5.82. The zero-order valence-electron chi connectivity index (χ0n) is 12.4. The van der Waals surface area contributed by atoms with Crippen molar-refractivity contribution in [1.82, 2.24) is 10.9 Å². The van der Waals surface area contributed by atoms with Gasteiger partial charge in [-0.15, -0.1) is 0 Å². The molecule has 116 valence electrons. The molecule has 0 saturated heterocycles. The lowest BCUT2D eigenvalue weighted by molar-refractivity contribution is -0.128. The van der Waals surface area contributed by atoms with Crippen LogP contribution in [0.4, 0.5) is 4.79 Å². The second-order valence-corrected chi connectivity index (χ2v) is 5.77. The number of ether oxygens (including phenoxy) is 2. The number of carbonyl (C=O) groups excluding carboxylic acids is 2. The molecule has 0 spiro atoms. The number of hydrogen-bond donors (Lipinski definition) is 2. The van der Waals surface area contributed by atoms with Gasteiger partial charge in [-0.05, 0) is 45.9 Å². The molecule has 0 heterocycles. The Hall–Kier alpha value is -1.95. The minimum absolute atomic E-state index is 0.461. The van der Waals surface area contributed by atoms with E-state index < -0.39 is 23.7 Å². The summed E-state index contributed by atoms with van der Waals surface area (Å²) in [6.45, 7) is 6.71. The average molecular weight is 315 g/mol. The first-order valence-electron chi connectivity index (χ1n) is 6.38. The van der Waals surface area contributed by atoms with Crippen LogP contribution in [0.2, 0.25) is 5.02 Å². The van der Waals surface area contributed by atoms with Crippen LogP contribution in [0.25, 0.3) is 0 Å². The van der Waals surface area contributed by atoms with E-state index in [4.69, 9.17) is 21.1 Å². The Morgan fingerprint density at radius 2 is 1.90 bits per heavy atom. The Morgan fingerprint density at radius 3 is 2.48 bits per heavy atom. The van der Waals surface area contributed by atoms with Crippen LogP contribution in [-0.4, -0.2) is 23.7 Å². The van der Waals surface area contributed by atoms with Gasteiger partial charge >= 0.3 is 6.09 Å². The van der Waals surface area contributed by atoms with Crippen molar-refractivity contribution in [2.75, 3.05) is 0 Å². The molecule has 2 amide bonds. The fraction of sp³-hybridized carbons (Fsp3) is 0.429. The number of benzene rings is 1. The van der Waals surface area contributed by atoms with E-state index in [-0.39, 0.29) is 0 Å². The van der Waals surface area contributed by atoms with Crippen molar-refractivity contribution in [1.29, 1.82) is 0 Å². The third-order valence-electron chi connectivity index (χ3n) is 2.16. The summed E-state index contributed by atoms with van der Waals surface area (Å²) < 4.78 is 10.4. The molecule has 0 fully saturated rings. The molecule has 1 aromatic carbocycles. The molecule has 0 aromatic heterocycles. The fourth-order valence-corrected chi connectivity index (χ4v) is 1.50. The van der Waals surface area contributed by atoms with Gasteiger partial charge in [-0.25, -0.2) is 10.2 Å². The lowest BCUT2D eigenvalue weighted by atomic mass is 10.2. The molecule has 0 aliphatic rings. The number of nitrogens with one attached hydrogen (secondary N) is 2. The van der Waals surface area contributed by atoms with Crippen molar-refractivity contribution < 1.29 is 19.1 Å². The predicted octanol–water partition coefficient (Wildman–Crippen LogP) is 2.66. The second-order valence-electron chi connectivity index (χ2n) is 5.33. The average Bonchev–Trinajstić information content (AvgIpc) is 2.33. The number of hydrazine groups is 1. The molecule has 21 heavy (non-hydrogen) atoms.